The number of rotatable bonds is 1. The first kappa shape index (κ1) is 7.10. The highest BCUT2D eigenvalue weighted by molar-refractivity contribution is 5.78. The minimum Gasteiger partial charge on any atom is -0.392 e. The van der Waals surface area contributed by atoms with Crippen molar-refractivity contribution in [1.82, 2.24) is 0 Å². The summed E-state index contributed by atoms with van der Waals surface area (Å²) in [5, 5.41) is 9.55. The second-order valence-corrected chi connectivity index (χ2v) is 3.75. The van der Waals surface area contributed by atoms with Gasteiger partial charge in [-0.3, -0.25) is 4.79 Å². The Labute approximate surface area is 65.6 Å². The van der Waals surface area contributed by atoms with Crippen molar-refractivity contribution >= 4 is 5.91 Å². The van der Waals surface area contributed by atoms with Crippen LogP contribution in [0.5, 0.6) is 0 Å². The molecule has 0 aliphatic heterocycles. The van der Waals surface area contributed by atoms with Gasteiger partial charge in [0.2, 0.25) is 5.91 Å². The van der Waals surface area contributed by atoms with Crippen molar-refractivity contribution in [3.05, 3.63) is 0 Å². The van der Waals surface area contributed by atoms with E-state index in [1.54, 1.807) is 0 Å². The number of carbonyl (C=O) groups is 1. The fourth-order valence-electron chi connectivity index (χ4n) is 2.66. The van der Waals surface area contributed by atoms with E-state index in [2.05, 4.69) is 0 Å². The van der Waals surface area contributed by atoms with Crippen molar-refractivity contribution < 1.29 is 9.90 Å². The first-order valence-electron chi connectivity index (χ1n) is 4.17. The lowest BCUT2D eigenvalue weighted by Crippen LogP contribution is -2.37. The van der Waals surface area contributed by atoms with Gasteiger partial charge < -0.3 is 10.8 Å². The molecule has 0 radical (unpaired) electrons. The molecule has 2 aliphatic rings. The SMILES string of the molecule is NC(=O)[C@H]1[C@H]2CC[C@H](C2)[C@H]1O. The molecule has 2 aliphatic carbocycles. The fourth-order valence-corrected chi connectivity index (χ4v) is 2.66. The predicted octanol–water partition coefficient (Wildman–Crippen LogP) is -0.121. The molecular formula is C8H13NO2. The molecular weight excluding hydrogens is 142 g/mol. The first-order valence-corrected chi connectivity index (χ1v) is 4.17. The first-order chi connectivity index (χ1) is 5.20. The van der Waals surface area contributed by atoms with Crippen molar-refractivity contribution in [1.29, 1.82) is 0 Å². The van der Waals surface area contributed by atoms with Gasteiger partial charge in [0, 0.05) is 0 Å². The Kier molecular flexibility index (Phi) is 1.42. The number of amides is 1. The second kappa shape index (κ2) is 2.21. The Morgan fingerprint density at radius 3 is 2.36 bits per heavy atom. The van der Waals surface area contributed by atoms with Crippen LogP contribution in [-0.4, -0.2) is 17.1 Å². The van der Waals surface area contributed by atoms with Crippen LogP contribution in [0.2, 0.25) is 0 Å². The lowest BCUT2D eigenvalue weighted by Gasteiger charge is -2.23. The molecule has 0 saturated heterocycles. The van der Waals surface area contributed by atoms with E-state index in [0.717, 1.165) is 19.3 Å². The molecule has 2 rings (SSSR count). The number of aliphatic hydroxyl groups excluding tert-OH is 1. The molecule has 3 nitrogen and oxygen atoms in total. The van der Waals surface area contributed by atoms with Crippen molar-refractivity contribution in [2.24, 2.45) is 23.5 Å². The highest BCUT2D eigenvalue weighted by Crippen LogP contribution is 2.48. The third kappa shape index (κ3) is 0.872. The Morgan fingerprint density at radius 1 is 1.36 bits per heavy atom. The molecule has 1 amide bonds. The number of hydrogen-bond donors (Lipinski definition) is 2. The molecule has 4 atom stereocenters. The van der Waals surface area contributed by atoms with E-state index in [-0.39, 0.29) is 11.8 Å². The van der Waals surface area contributed by atoms with Gasteiger partial charge >= 0.3 is 0 Å². The van der Waals surface area contributed by atoms with Crippen LogP contribution in [0.4, 0.5) is 0 Å². The molecule has 0 unspecified atom stereocenters. The summed E-state index contributed by atoms with van der Waals surface area (Å²) in [5.74, 6) is 0.184. The van der Waals surface area contributed by atoms with Crippen LogP contribution in [0, 0.1) is 17.8 Å². The summed E-state index contributed by atoms with van der Waals surface area (Å²) in [6.07, 6.45) is 2.73. The van der Waals surface area contributed by atoms with Crippen LogP contribution in [-0.2, 0) is 4.79 Å². The van der Waals surface area contributed by atoms with Gasteiger partial charge in [-0.15, -0.1) is 0 Å². The van der Waals surface area contributed by atoms with E-state index in [4.69, 9.17) is 5.73 Å². The molecule has 11 heavy (non-hydrogen) atoms. The quantitative estimate of drug-likeness (QED) is 0.554. The maximum Gasteiger partial charge on any atom is 0.223 e. The third-order valence-electron chi connectivity index (χ3n) is 3.20. The molecule has 0 aromatic carbocycles. The van der Waals surface area contributed by atoms with Gasteiger partial charge in [0.15, 0.2) is 0 Å². The molecule has 0 spiro atoms. The van der Waals surface area contributed by atoms with E-state index in [1.165, 1.54) is 0 Å². The van der Waals surface area contributed by atoms with E-state index in [0.29, 0.717) is 11.8 Å². The molecule has 3 heteroatoms. The summed E-state index contributed by atoms with van der Waals surface area (Å²) >= 11 is 0. The van der Waals surface area contributed by atoms with Crippen LogP contribution in [0.1, 0.15) is 19.3 Å². The zero-order valence-corrected chi connectivity index (χ0v) is 6.36. The monoisotopic (exact) mass is 155 g/mol. The summed E-state index contributed by atoms with van der Waals surface area (Å²) in [7, 11) is 0. The smallest absolute Gasteiger partial charge is 0.223 e. The van der Waals surface area contributed by atoms with Crippen molar-refractivity contribution in [2.45, 2.75) is 25.4 Å². The van der Waals surface area contributed by atoms with Crippen molar-refractivity contribution in [2.75, 3.05) is 0 Å². The van der Waals surface area contributed by atoms with Gasteiger partial charge in [-0.25, -0.2) is 0 Å². The average molecular weight is 155 g/mol. The molecule has 3 N–H and O–H groups in total. The number of nitrogens with two attached hydrogens (primary N) is 1. The number of carbonyl (C=O) groups excluding carboxylic acids is 1. The minimum atomic E-state index is -0.439. The van der Waals surface area contributed by atoms with E-state index >= 15 is 0 Å². The Balaban J connectivity index is 2.17. The molecule has 2 saturated carbocycles. The van der Waals surface area contributed by atoms with E-state index in [9.17, 15) is 9.90 Å². The van der Waals surface area contributed by atoms with Crippen LogP contribution >= 0.6 is 0 Å². The highest BCUT2D eigenvalue weighted by Gasteiger charge is 2.49. The molecule has 2 bridgehead atoms. The normalized spacial score (nSPS) is 48.1. The number of fused-ring (bicyclic) bond motifs is 2. The number of aliphatic hydroxyl groups is 1. The van der Waals surface area contributed by atoms with Gasteiger partial charge in [0.25, 0.3) is 0 Å². The van der Waals surface area contributed by atoms with Gasteiger partial charge in [-0.2, -0.15) is 0 Å². The second-order valence-electron chi connectivity index (χ2n) is 3.75. The highest BCUT2D eigenvalue weighted by atomic mass is 16.3. The van der Waals surface area contributed by atoms with E-state index < -0.39 is 6.10 Å². The summed E-state index contributed by atoms with van der Waals surface area (Å²) in [6.45, 7) is 0. The summed E-state index contributed by atoms with van der Waals surface area (Å²) < 4.78 is 0. The van der Waals surface area contributed by atoms with Crippen LogP contribution in [0.15, 0.2) is 0 Å². The van der Waals surface area contributed by atoms with E-state index in [1.807, 2.05) is 0 Å². The van der Waals surface area contributed by atoms with Crippen LogP contribution < -0.4 is 5.73 Å². The summed E-state index contributed by atoms with van der Waals surface area (Å²) in [6, 6.07) is 0. The van der Waals surface area contributed by atoms with Crippen molar-refractivity contribution in [3.63, 3.8) is 0 Å². The lowest BCUT2D eigenvalue weighted by molar-refractivity contribution is -0.127. The minimum absolute atomic E-state index is 0.242. The molecule has 0 aromatic heterocycles. The van der Waals surface area contributed by atoms with Crippen LogP contribution in [0.3, 0.4) is 0 Å². The molecule has 62 valence electrons. The van der Waals surface area contributed by atoms with Crippen LogP contribution in [0.25, 0.3) is 0 Å². The third-order valence-corrected chi connectivity index (χ3v) is 3.20. The Morgan fingerprint density at radius 2 is 2.00 bits per heavy atom. The zero-order chi connectivity index (χ0) is 8.01. The average Bonchev–Trinajstić information content (AvgIpc) is 2.44. The van der Waals surface area contributed by atoms with Gasteiger partial charge in [-0.1, -0.05) is 0 Å². The Bertz CT molecular complexity index is 191. The molecule has 2 fully saturated rings. The maximum atomic E-state index is 10.9. The number of primary amides is 1. The van der Waals surface area contributed by atoms with Gasteiger partial charge in [0.1, 0.15) is 0 Å². The van der Waals surface area contributed by atoms with Gasteiger partial charge in [0.05, 0.1) is 12.0 Å². The predicted molar refractivity (Wildman–Crippen MR) is 39.5 cm³/mol. The largest absolute Gasteiger partial charge is 0.392 e. The zero-order valence-electron chi connectivity index (χ0n) is 6.36. The van der Waals surface area contributed by atoms with Crippen molar-refractivity contribution in [3.8, 4) is 0 Å². The Hall–Kier alpha value is -0.570. The van der Waals surface area contributed by atoms with Gasteiger partial charge in [-0.05, 0) is 31.1 Å². The fraction of sp³-hybridized carbons (Fsp3) is 0.875. The molecule has 0 aromatic rings. The maximum absolute atomic E-state index is 10.9. The summed E-state index contributed by atoms with van der Waals surface area (Å²) in [4.78, 5) is 10.9. The summed E-state index contributed by atoms with van der Waals surface area (Å²) in [5.41, 5.74) is 5.18. The number of hydrogen-bond acceptors (Lipinski definition) is 2. The lowest BCUT2D eigenvalue weighted by atomic mass is 9.86. The topological polar surface area (TPSA) is 63.3 Å². The molecule has 0 heterocycles. The standard InChI is InChI=1S/C8H13NO2/c9-8(11)6-4-1-2-5(3-4)7(6)10/h4-7,10H,1-3H2,(H2,9,11)/t4-,5+,6-,7+/m0/s1.